The lowest BCUT2D eigenvalue weighted by Gasteiger charge is -2.55. The van der Waals surface area contributed by atoms with Crippen LogP contribution in [0.5, 0.6) is 0 Å². The molecule has 0 aromatic heterocycles. The van der Waals surface area contributed by atoms with E-state index in [-0.39, 0.29) is 3.23 Å². The van der Waals surface area contributed by atoms with E-state index in [1.54, 1.807) is 0 Å². The smallest absolute Gasteiger partial charge is 0.0871 e. The number of benzene rings is 1. The van der Waals surface area contributed by atoms with Crippen molar-refractivity contribution in [1.29, 1.82) is 0 Å². The third kappa shape index (κ3) is 1.82. The summed E-state index contributed by atoms with van der Waals surface area (Å²) in [6.07, 6.45) is 0. The molecule has 3 aliphatic rings. The number of hydrogen-bond acceptors (Lipinski definition) is 0. The first kappa shape index (κ1) is 13.6. The van der Waals surface area contributed by atoms with Crippen LogP contribution in [0.2, 0.25) is 0 Å². The predicted molar refractivity (Wildman–Crippen MR) is 90.7 cm³/mol. The van der Waals surface area contributed by atoms with Crippen molar-refractivity contribution in [2.75, 3.05) is 0 Å². The van der Waals surface area contributed by atoms with Gasteiger partial charge in [0.2, 0.25) is 0 Å². The van der Waals surface area contributed by atoms with Gasteiger partial charge in [0.15, 0.2) is 0 Å². The molecule has 5 heteroatoms. The van der Waals surface area contributed by atoms with Crippen LogP contribution in [0.15, 0.2) is 24.3 Å². The molecule has 0 amide bonds. The van der Waals surface area contributed by atoms with Gasteiger partial charge in [0.1, 0.15) is 3.23 Å². The molecular weight excluding hydrogens is 544 g/mol. The number of alkyl halides is 5. The number of fused-ring (bicyclic) bond motifs is 2. The van der Waals surface area contributed by atoms with Gasteiger partial charge in [-0.1, -0.05) is 104 Å². The van der Waals surface area contributed by atoms with Crippen LogP contribution < -0.4 is 0 Å². The van der Waals surface area contributed by atoms with Gasteiger partial charge in [-0.2, -0.15) is 0 Å². The van der Waals surface area contributed by atoms with Gasteiger partial charge in [0.25, 0.3) is 0 Å². The van der Waals surface area contributed by atoms with Crippen LogP contribution in [-0.2, 0) is 0 Å². The van der Waals surface area contributed by atoms with E-state index in [1.165, 1.54) is 11.1 Å². The Morgan fingerprint density at radius 3 is 2.12 bits per heavy atom. The average Bonchev–Trinajstić information content (AvgIpc) is 2.28. The standard InChI is InChI=1S/C12H9Br5/c13-9-7-5-3-1-2-4-6(5)8(10(9)14)12(16,17)11(7)15/h1-4,7-11H/t7-,8+,9+,10+,11-/m1/s1. The first-order valence-electron chi connectivity index (χ1n) is 5.35. The van der Waals surface area contributed by atoms with Gasteiger partial charge in [-0.15, -0.1) is 0 Å². The summed E-state index contributed by atoms with van der Waals surface area (Å²) in [5, 5.41) is 0. The summed E-state index contributed by atoms with van der Waals surface area (Å²) in [6, 6.07) is 8.76. The van der Waals surface area contributed by atoms with E-state index < -0.39 is 0 Å². The van der Waals surface area contributed by atoms with E-state index >= 15 is 0 Å². The minimum atomic E-state index is -0.0859. The maximum atomic E-state index is 3.87. The topological polar surface area (TPSA) is 0 Å². The Bertz CT molecular complexity index is 458. The van der Waals surface area contributed by atoms with Crippen molar-refractivity contribution in [3.05, 3.63) is 35.4 Å². The Labute approximate surface area is 143 Å². The minimum Gasteiger partial charge on any atom is -0.0871 e. The summed E-state index contributed by atoms with van der Waals surface area (Å²) in [4.78, 5) is 1.25. The first-order chi connectivity index (χ1) is 7.96. The molecule has 1 aromatic rings. The minimum absolute atomic E-state index is 0.0859. The molecule has 2 bridgehead atoms. The Kier molecular flexibility index (Phi) is 3.66. The monoisotopic (exact) mass is 548 g/mol. The van der Waals surface area contributed by atoms with E-state index in [4.69, 9.17) is 0 Å². The van der Waals surface area contributed by atoms with Crippen LogP contribution in [0.4, 0.5) is 0 Å². The highest BCUT2D eigenvalue weighted by Crippen LogP contribution is 2.65. The number of rotatable bonds is 0. The summed E-state index contributed by atoms with van der Waals surface area (Å²) >= 11 is 19.3. The highest BCUT2D eigenvalue weighted by molar-refractivity contribution is 9.26. The second-order valence-corrected chi connectivity index (χ2v) is 11.4. The zero-order valence-electron chi connectivity index (χ0n) is 8.59. The predicted octanol–water partition coefficient (Wildman–Crippen LogP) is 5.66. The van der Waals surface area contributed by atoms with Crippen LogP contribution in [0.25, 0.3) is 0 Å². The molecule has 17 heavy (non-hydrogen) atoms. The maximum absolute atomic E-state index is 3.87. The van der Waals surface area contributed by atoms with Gasteiger partial charge in [-0.25, -0.2) is 0 Å². The van der Waals surface area contributed by atoms with Crippen molar-refractivity contribution >= 4 is 79.6 Å². The van der Waals surface area contributed by atoms with Crippen LogP contribution in [0.3, 0.4) is 0 Å². The second-order valence-electron chi connectivity index (χ2n) is 4.60. The molecule has 0 nitrogen and oxygen atoms in total. The van der Waals surface area contributed by atoms with Crippen molar-refractivity contribution in [1.82, 2.24) is 0 Å². The van der Waals surface area contributed by atoms with Gasteiger partial charge < -0.3 is 0 Å². The lowest BCUT2D eigenvalue weighted by atomic mass is 9.66. The molecule has 3 aliphatic carbocycles. The molecule has 92 valence electrons. The molecule has 0 heterocycles. The van der Waals surface area contributed by atoms with Crippen molar-refractivity contribution in [2.24, 2.45) is 0 Å². The van der Waals surface area contributed by atoms with Gasteiger partial charge >= 0.3 is 0 Å². The number of hydrogen-bond donors (Lipinski definition) is 0. The molecule has 0 N–H and O–H groups in total. The van der Waals surface area contributed by atoms with Crippen molar-refractivity contribution < 1.29 is 0 Å². The van der Waals surface area contributed by atoms with Crippen LogP contribution in [0, 0.1) is 0 Å². The lowest BCUT2D eigenvalue weighted by Crippen LogP contribution is -2.56. The second kappa shape index (κ2) is 4.57. The molecule has 1 saturated carbocycles. The fourth-order valence-electron chi connectivity index (χ4n) is 2.97. The molecule has 1 fully saturated rings. The fraction of sp³-hybridized carbons (Fsp3) is 0.500. The molecule has 0 saturated heterocycles. The van der Waals surface area contributed by atoms with Gasteiger partial charge in [-0.3, -0.25) is 0 Å². The highest BCUT2D eigenvalue weighted by Gasteiger charge is 2.60. The van der Waals surface area contributed by atoms with Crippen molar-refractivity contribution in [2.45, 2.75) is 29.6 Å². The van der Waals surface area contributed by atoms with Gasteiger partial charge in [-0.05, 0) is 11.1 Å². The summed E-state index contributed by atoms with van der Waals surface area (Å²) < 4.78 is -0.0859. The Hall–Kier alpha value is 1.62. The Morgan fingerprint density at radius 1 is 0.882 bits per heavy atom. The van der Waals surface area contributed by atoms with Crippen molar-refractivity contribution in [3.8, 4) is 0 Å². The quantitative estimate of drug-likeness (QED) is 0.365. The summed E-state index contributed by atoms with van der Waals surface area (Å²) in [5.74, 6) is 0.858. The maximum Gasteiger partial charge on any atom is 0.101 e. The van der Waals surface area contributed by atoms with Crippen LogP contribution >= 0.6 is 79.6 Å². The van der Waals surface area contributed by atoms with E-state index in [2.05, 4.69) is 104 Å². The molecular formula is C12H9Br5. The lowest BCUT2D eigenvalue weighted by molar-refractivity contribution is 0.402. The normalized spacial score (nSPS) is 42.3. The summed E-state index contributed by atoms with van der Waals surface area (Å²) in [5.41, 5.74) is 2.91. The molecule has 0 aliphatic heterocycles. The van der Waals surface area contributed by atoms with Gasteiger partial charge in [0, 0.05) is 26.3 Å². The van der Waals surface area contributed by atoms with E-state index in [0.29, 0.717) is 26.3 Å². The first-order valence-corrected chi connectivity index (χ1v) is 9.68. The summed E-state index contributed by atoms with van der Waals surface area (Å²) in [6.45, 7) is 0. The SMILES string of the molecule is Br[C@@H]1[C@@H](Br)[C@@H]2c3ccccc3[C@H]1[C@@H](Br)C2(Br)Br. The number of halogens is 5. The van der Waals surface area contributed by atoms with E-state index in [1.807, 2.05) is 0 Å². The zero-order chi connectivity index (χ0) is 12.4. The summed E-state index contributed by atoms with van der Waals surface area (Å²) in [7, 11) is 0. The Balaban J connectivity index is 2.25. The van der Waals surface area contributed by atoms with E-state index in [9.17, 15) is 0 Å². The zero-order valence-corrected chi connectivity index (χ0v) is 16.5. The highest BCUT2D eigenvalue weighted by atomic mass is 79.9. The molecule has 1 aromatic carbocycles. The molecule has 0 radical (unpaired) electrons. The molecule has 0 unspecified atom stereocenters. The van der Waals surface area contributed by atoms with E-state index in [0.717, 1.165) is 0 Å². The van der Waals surface area contributed by atoms with Crippen molar-refractivity contribution in [3.63, 3.8) is 0 Å². The Morgan fingerprint density at radius 2 is 1.47 bits per heavy atom. The molecule has 5 atom stereocenters. The molecule has 0 spiro atoms. The third-order valence-corrected chi connectivity index (χ3v) is 11.2. The average molecular weight is 553 g/mol. The van der Waals surface area contributed by atoms with Crippen LogP contribution in [0.1, 0.15) is 23.0 Å². The molecule has 4 rings (SSSR count). The van der Waals surface area contributed by atoms with Crippen LogP contribution in [-0.4, -0.2) is 17.7 Å². The van der Waals surface area contributed by atoms with Gasteiger partial charge in [0.05, 0.1) is 0 Å². The largest absolute Gasteiger partial charge is 0.101 e. The fourth-order valence-corrected chi connectivity index (χ4v) is 8.55. The third-order valence-electron chi connectivity index (χ3n) is 3.75.